The van der Waals surface area contributed by atoms with Crippen molar-refractivity contribution in [1.29, 1.82) is 0 Å². The van der Waals surface area contributed by atoms with E-state index in [1.807, 2.05) is 39.8 Å². The number of hydrogen-bond acceptors (Lipinski definition) is 6. The molecule has 0 saturated heterocycles. The molecule has 0 saturated carbocycles. The van der Waals surface area contributed by atoms with Gasteiger partial charge in [0, 0.05) is 0 Å². The van der Waals surface area contributed by atoms with E-state index in [0.29, 0.717) is 16.3 Å². The molecule has 5 aromatic rings. The van der Waals surface area contributed by atoms with Crippen molar-refractivity contribution in [2.75, 3.05) is 0 Å². The summed E-state index contributed by atoms with van der Waals surface area (Å²) in [5.74, 6) is -1.71. The highest BCUT2D eigenvalue weighted by Crippen LogP contribution is 2.43. The largest absolute Gasteiger partial charge is 0.507 e. The smallest absolute Gasteiger partial charge is 0.344 e. The van der Waals surface area contributed by atoms with Crippen molar-refractivity contribution < 1.29 is 19.0 Å². The number of rotatable bonds is 3. The van der Waals surface area contributed by atoms with Crippen LogP contribution in [-0.2, 0) is 0 Å². The Labute approximate surface area is 200 Å². The molecule has 2 aromatic heterocycles. The van der Waals surface area contributed by atoms with Gasteiger partial charge in [0.2, 0.25) is 0 Å². The molecule has 176 valence electrons. The monoisotopic (exact) mass is 468 g/mol. The highest BCUT2D eigenvalue weighted by atomic mass is 16.4. The Balaban J connectivity index is 1.93. The van der Waals surface area contributed by atoms with Crippen molar-refractivity contribution in [3.05, 3.63) is 114 Å². The fraction of sp³-hybridized carbons (Fsp3) is 0.172. The number of hydrogen-bond donors (Lipinski definition) is 2. The predicted octanol–water partition coefficient (Wildman–Crippen LogP) is 5.72. The second kappa shape index (κ2) is 8.17. The van der Waals surface area contributed by atoms with Crippen LogP contribution in [0.4, 0.5) is 0 Å². The quantitative estimate of drug-likeness (QED) is 0.328. The van der Waals surface area contributed by atoms with Crippen LogP contribution in [0.1, 0.15) is 44.9 Å². The van der Waals surface area contributed by atoms with E-state index >= 15 is 0 Å². The van der Waals surface area contributed by atoms with Crippen LogP contribution in [0.15, 0.2) is 73.0 Å². The van der Waals surface area contributed by atoms with Gasteiger partial charge >= 0.3 is 11.3 Å². The summed E-state index contributed by atoms with van der Waals surface area (Å²) in [7, 11) is 0. The topological polar surface area (TPSA) is 101 Å². The highest BCUT2D eigenvalue weighted by Gasteiger charge is 2.33. The van der Waals surface area contributed by atoms with Crippen molar-refractivity contribution in [1.82, 2.24) is 0 Å². The van der Waals surface area contributed by atoms with E-state index < -0.39 is 17.2 Å². The second-order valence-electron chi connectivity index (χ2n) is 9.06. The van der Waals surface area contributed by atoms with Gasteiger partial charge in [0.1, 0.15) is 22.7 Å². The maximum atomic E-state index is 13.3. The van der Waals surface area contributed by atoms with Crippen LogP contribution in [0.5, 0.6) is 11.5 Å². The standard InChI is InChI=1S/C29H24O6/c1-14-10-16(3)21-19(12-14)34-28(32)24(26(21)30)23(18-8-6-5-7-9-18)25-27(31)22-17(4)11-15(2)13-20(22)35-29(25)33/h5-13,23,30-31H,1-4H3. The first kappa shape index (κ1) is 22.5. The van der Waals surface area contributed by atoms with Gasteiger partial charge in [-0.15, -0.1) is 0 Å². The Hall–Kier alpha value is -4.32. The first-order valence-electron chi connectivity index (χ1n) is 11.3. The minimum atomic E-state index is -1.13. The minimum absolute atomic E-state index is 0.137. The SMILES string of the molecule is Cc1cc(C)c2c(O)c(C(c3ccccc3)c3c(O)c4c(C)cc(C)cc4oc3=O)c(=O)oc2c1. The van der Waals surface area contributed by atoms with E-state index in [9.17, 15) is 19.8 Å². The third-order valence-electron chi connectivity index (χ3n) is 6.43. The molecular weight excluding hydrogens is 444 g/mol. The van der Waals surface area contributed by atoms with Gasteiger partial charge in [0.25, 0.3) is 0 Å². The van der Waals surface area contributed by atoms with Crippen molar-refractivity contribution in [2.24, 2.45) is 0 Å². The van der Waals surface area contributed by atoms with E-state index in [1.54, 1.807) is 42.5 Å². The van der Waals surface area contributed by atoms with Crippen molar-refractivity contribution >= 4 is 21.9 Å². The minimum Gasteiger partial charge on any atom is -0.507 e. The summed E-state index contributed by atoms with van der Waals surface area (Å²) in [6, 6.07) is 15.9. The summed E-state index contributed by atoms with van der Waals surface area (Å²) >= 11 is 0. The van der Waals surface area contributed by atoms with Gasteiger partial charge < -0.3 is 19.0 Å². The Morgan fingerprint density at radius 1 is 0.657 bits per heavy atom. The lowest BCUT2D eigenvalue weighted by Crippen LogP contribution is -2.21. The van der Waals surface area contributed by atoms with E-state index in [4.69, 9.17) is 8.83 Å². The van der Waals surface area contributed by atoms with Crippen LogP contribution < -0.4 is 11.3 Å². The average molecular weight is 469 g/mol. The van der Waals surface area contributed by atoms with Gasteiger partial charge in [0.15, 0.2) is 0 Å². The Bertz CT molecular complexity index is 1630. The molecule has 6 nitrogen and oxygen atoms in total. The average Bonchev–Trinajstić information content (AvgIpc) is 2.77. The maximum absolute atomic E-state index is 13.3. The molecule has 6 heteroatoms. The molecule has 0 fully saturated rings. The van der Waals surface area contributed by atoms with Gasteiger partial charge in [-0.3, -0.25) is 0 Å². The second-order valence-corrected chi connectivity index (χ2v) is 9.06. The van der Waals surface area contributed by atoms with Crippen LogP contribution in [0.3, 0.4) is 0 Å². The van der Waals surface area contributed by atoms with Crippen LogP contribution in [0.25, 0.3) is 21.9 Å². The number of benzene rings is 3. The Kier molecular flexibility index (Phi) is 5.24. The van der Waals surface area contributed by atoms with Crippen molar-refractivity contribution in [3.8, 4) is 11.5 Å². The first-order chi connectivity index (χ1) is 16.7. The summed E-state index contributed by atoms with van der Waals surface area (Å²) in [5, 5.41) is 23.6. The highest BCUT2D eigenvalue weighted by molar-refractivity contribution is 5.90. The van der Waals surface area contributed by atoms with Gasteiger partial charge in [-0.25, -0.2) is 9.59 Å². The molecule has 0 aliphatic heterocycles. The third kappa shape index (κ3) is 3.58. The molecule has 0 amide bonds. The van der Waals surface area contributed by atoms with Crippen LogP contribution in [0.2, 0.25) is 0 Å². The molecule has 35 heavy (non-hydrogen) atoms. The van der Waals surface area contributed by atoms with Crippen LogP contribution in [-0.4, -0.2) is 10.2 Å². The fourth-order valence-corrected chi connectivity index (χ4v) is 5.03. The number of fused-ring (bicyclic) bond motifs is 2. The lowest BCUT2D eigenvalue weighted by molar-refractivity contribution is 0.441. The molecule has 2 N–H and O–H groups in total. The predicted molar refractivity (Wildman–Crippen MR) is 135 cm³/mol. The summed E-state index contributed by atoms with van der Waals surface area (Å²) < 4.78 is 11.3. The molecule has 0 spiro atoms. The van der Waals surface area contributed by atoms with Gasteiger partial charge in [-0.2, -0.15) is 0 Å². The van der Waals surface area contributed by atoms with Gasteiger partial charge in [-0.1, -0.05) is 42.5 Å². The van der Waals surface area contributed by atoms with Crippen LogP contribution in [0, 0.1) is 27.7 Å². The lowest BCUT2D eigenvalue weighted by Gasteiger charge is -2.20. The molecular formula is C29H24O6. The fourth-order valence-electron chi connectivity index (χ4n) is 5.03. The zero-order valence-corrected chi connectivity index (χ0v) is 19.8. The first-order valence-corrected chi connectivity index (χ1v) is 11.3. The molecule has 0 radical (unpaired) electrons. The lowest BCUT2D eigenvalue weighted by atomic mass is 9.84. The molecule has 0 unspecified atom stereocenters. The van der Waals surface area contributed by atoms with E-state index in [0.717, 1.165) is 22.3 Å². The summed E-state index contributed by atoms with van der Waals surface area (Å²) in [4.78, 5) is 26.6. The van der Waals surface area contributed by atoms with Gasteiger partial charge in [-0.05, 0) is 67.6 Å². The van der Waals surface area contributed by atoms with E-state index in [-0.39, 0.29) is 33.8 Å². The molecule has 0 bridgehead atoms. The zero-order chi connectivity index (χ0) is 25.0. The van der Waals surface area contributed by atoms with E-state index in [1.165, 1.54) is 0 Å². The summed E-state index contributed by atoms with van der Waals surface area (Å²) in [6.07, 6.45) is 0. The van der Waals surface area contributed by atoms with Crippen molar-refractivity contribution in [2.45, 2.75) is 33.6 Å². The summed E-state index contributed by atoms with van der Waals surface area (Å²) in [5.41, 5.74) is 2.35. The maximum Gasteiger partial charge on any atom is 0.344 e. The molecule has 5 rings (SSSR count). The van der Waals surface area contributed by atoms with Gasteiger partial charge in [0.05, 0.1) is 27.8 Å². The number of aromatic hydroxyl groups is 2. The Morgan fingerprint density at radius 2 is 1.09 bits per heavy atom. The Morgan fingerprint density at radius 3 is 1.51 bits per heavy atom. The molecule has 3 aromatic carbocycles. The number of aryl methyl sites for hydroxylation is 4. The molecule has 0 aliphatic carbocycles. The molecule has 2 heterocycles. The molecule has 0 atom stereocenters. The van der Waals surface area contributed by atoms with E-state index in [2.05, 4.69) is 0 Å². The third-order valence-corrected chi connectivity index (χ3v) is 6.43. The van der Waals surface area contributed by atoms with Crippen molar-refractivity contribution in [3.63, 3.8) is 0 Å². The zero-order valence-electron chi connectivity index (χ0n) is 19.8. The molecule has 0 aliphatic rings. The van der Waals surface area contributed by atoms with Crippen LogP contribution >= 0.6 is 0 Å². The normalized spacial score (nSPS) is 11.6. The summed E-state index contributed by atoms with van der Waals surface area (Å²) in [6.45, 7) is 7.35.